The van der Waals surface area contributed by atoms with E-state index in [1.807, 2.05) is 0 Å². The fourth-order valence-electron chi connectivity index (χ4n) is 1.59. The number of methoxy groups -OCH3 is 2. The van der Waals surface area contributed by atoms with Crippen molar-refractivity contribution in [2.24, 2.45) is 0 Å². The molecule has 0 bridgehead atoms. The van der Waals surface area contributed by atoms with Gasteiger partial charge in [0.1, 0.15) is 5.56 Å². The highest BCUT2D eigenvalue weighted by Crippen LogP contribution is 2.27. The van der Waals surface area contributed by atoms with Gasteiger partial charge in [-0.15, -0.1) is 0 Å². The summed E-state index contributed by atoms with van der Waals surface area (Å²) < 4.78 is 23.1. The molecule has 1 rings (SSSR count). The summed E-state index contributed by atoms with van der Waals surface area (Å²) in [5.41, 5.74) is 0.230. The van der Waals surface area contributed by atoms with E-state index in [2.05, 4.69) is 10.1 Å². The van der Waals surface area contributed by atoms with E-state index in [0.29, 0.717) is 0 Å². The van der Waals surface area contributed by atoms with Gasteiger partial charge in [0.25, 0.3) is 0 Å². The minimum absolute atomic E-state index is 0.0508. The molecule has 0 aromatic heterocycles. The van der Waals surface area contributed by atoms with Gasteiger partial charge in [-0.3, -0.25) is 0 Å². The molecule has 0 amide bonds. The van der Waals surface area contributed by atoms with Crippen LogP contribution in [0.5, 0.6) is 5.75 Å². The van der Waals surface area contributed by atoms with Gasteiger partial charge in [-0.25, -0.2) is 9.18 Å². The molecule has 0 fully saturated rings. The summed E-state index contributed by atoms with van der Waals surface area (Å²) >= 11 is 0. The first kappa shape index (κ1) is 14.4. The average molecular weight is 257 g/mol. The molecule has 0 heterocycles. The van der Waals surface area contributed by atoms with Crippen molar-refractivity contribution < 1.29 is 23.8 Å². The topological polar surface area (TPSA) is 67.8 Å². The van der Waals surface area contributed by atoms with Crippen molar-refractivity contribution >= 4 is 5.97 Å². The summed E-state index contributed by atoms with van der Waals surface area (Å²) in [6.07, 6.45) is -0.918. The molecule has 2 N–H and O–H groups in total. The SMILES string of the molecule is CNCC(O)c1cc(F)c(OC)c(C(=O)OC)c1. The molecule has 1 aromatic carbocycles. The number of esters is 1. The van der Waals surface area contributed by atoms with Crippen LogP contribution < -0.4 is 10.1 Å². The minimum Gasteiger partial charge on any atom is -0.493 e. The monoisotopic (exact) mass is 257 g/mol. The number of likely N-dealkylation sites (N-methyl/N-ethyl adjacent to an activating group) is 1. The summed E-state index contributed by atoms with van der Waals surface area (Å²) in [6, 6.07) is 2.49. The molecule has 1 unspecified atom stereocenters. The number of hydrogen-bond acceptors (Lipinski definition) is 5. The van der Waals surface area contributed by atoms with Crippen LogP contribution >= 0.6 is 0 Å². The number of nitrogens with one attached hydrogen (secondary N) is 1. The molecule has 100 valence electrons. The Bertz CT molecular complexity index is 436. The van der Waals surface area contributed by atoms with Gasteiger partial charge >= 0.3 is 5.97 Å². The predicted octanol–water partition coefficient (Wildman–Crippen LogP) is 0.874. The molecule has 0 aliphatic carbocycles. The molecule has 6 heteroatoms. The van der Waals surface area contributed by atoms with Crippen molar-refractivity contribution in [2.75, 3.05) is 27.8 Å². The highest BCUT2D eigenvalue weighted by molar-refractivity contribution is 5.92. The number of rotatable bonds is 5. The van der Waals surface area contributed by atoms with Crippen LogP contribution in [0.4, 0.5) is 4.39 Å². The van der Waals surface area contributed by atoms with Crippen LogP contribution in [-0.2, 0) is 4.74 Å². The number of aliphatic hydroxyl groups is 1. The van der Waals surface area contributed by atoms with E-state index in [0.717, 1.165) is 6.07 Å². The van der Waals surface area contributed by atoms with E-state index in [-0.39, 0.29) is 23.4 Å². The highest BCUT2D eigenvalue weighted by Gasteiger charge is 2.20. The molecule has 1 atom stereocenters. The zero-order valence-corrected chi connectivity index (χ0v) is 10.5. The van der Waals surface area contributed by atoms with Crippen LogP contribution in [0.15, 0.2) is 12.1 Å². The lowest BCUT2D eigenvalue weighted by Crippen LogP contribution is -2.17. The first-order valence-corrected chi connectivity index (χ1v) is 5.33. The normalized spacial score (nSPS) is 12.1. The Balaban J connectivity index is 3.25. The van der Waals surface area contributed by atoms with Crippen molar-refractivity contribution in [1.82, 2.24) is 5.32 Å². The Hall–Kier alpha value is -1.66. The van der Waals surface area contributed by atoms with Gasteiger partial charge < -0.3 is 19.9 Å². The third kappa shape index (κ3) is 2.96. The Morgan fingerprint density at radius 3 is 2.67 bits per heavy atom. The molecule has 0 aliphatic heterocycles. The van der Waals surface area contributed by atoms with Gasteiger partial charge in [-0.05, 0) is 24.7 Å². The lowest BCUT2D eigenvalue weighted by atomic mass is 10.0. The fraction of sp³-hybridized carbons (Fsp3) is 0.417. The molecule has 0 radical (unpaired) electrons. The Morgan fingerprint density at radius 1 is 1.50 bits per heavy atom. The molecule has 18 heavy (non-hydrogen) atoms. The number of aliphatic hydroxyl groups excluding tert-OH is 1. The fourth-order valence-corrected chi connectivity index (χ4v) is 1.59. The summed E-state index contributed by atoms with van der Waals surface area (Å²) in [5.74, 6) is -1.63. The van der Waals surface area contributed by atoms with E-state index >= 15 is 0 Å². The highest BCUT2D eigenvalue weighted by atomic mass is 19.1. The number of carbonyl (C=O) groups excluding carboxylic acids is 1. The molecule has 0 aliphatic rings. The van der Waals surface area contributed by atoms with Crippen LogP contribution in [-0.4, -0.2) is 38.9 Å². The third-order valence-corrected chi connectivity index (χ3v) is 2.46. The Labute approximate surface area is 105 Å². The lowest BCUT2D eigenvalue weighted by molar-refractivity contribution is 0.0595. The van der Waals surface area contributed by atoms with Crippen molar-refractivity contribution in [1.29, 1.82) is 0 Å². The smallest absolute Gasteiger partial charge is 0.341 e. The van der Waals surface area contributed by atoms with Crippen molar-refractivity contribution in [2.45, 2.75) is 6.10 Å². The van der Waals surface area contributed by atoms with Crippen LogP contribution in [0.2, 0.25) is 0 Å². The number of ether oxygens (including phenoxy) is 2. The number of hydrogen-bond donors (Lipinski definition) is 2. The van der Waals surface area contributed by atoms with E-state index in [9.17, 15) is 14.3 Å². The largest absolute Gasteiger partial charge is 0.493 e. The van der Waals surface area contributed by atoms with E-state index < -0.39 is 17.9 Å². The van der Waals surface area contributed by atoms with Crippen molar-refractivity contribution in [3.05, 3.63) is 29.1 Å². The molecule has 5 nitrogen and oxygen atoms in total. The lowest BCUT2D eigenvalue weighted by Gasteiger charge is -2.14. The van der Waals surface area contributed by atoms with Gasteiger partial charge in [-0.1, -0.05) is 0 Å². The van der Waals surface area contributed by atoms with Crippen molar-refractivity contribution in [3.8, 4) is 5.75 Å². The van der Waals surface area contributed by atoms with Crippen LogP contribution in [0, 0.1) is 5.82 Å². The first-order valence-electron chi connectivity index (χ1n) is 5.33. The average Bonchev–Trinajstić information content (AvgIpc) is 2.37. The maximum atomic E-state index is 13.7. The summed E-state index contributed by atoms with van der Waals surface area (Å²) in [7, 11) is 4.11. The van der Waals surface area contributed by atoms with Crippen LogP contribution in [0.25, 0.3) is 0 Å². The maximum absolute atomic E-state index is 13.7. The van der Waals surface area contributed by atoms with Crippen molar-refractivity contribution in [3.63, 3.8) is 0 Å². The van der Waals surface area contributed by atoms with E-state index in [1.165, 1.54) is 20.3 Å². The van der Waals surface area contributed by atoms with Gasteiger partial charge in [0.15, 0.2) is 11.6 Å². The zero-order valence-electron chi connectivity index (χ0n) is 10.5. The standard InChI is InChI=1S/C12H16FNO4/c1-14-6-10(15)7-4-8(12(16)18-3)11(17-2)9(13)5-7/h4-5,10,14-15H,6H2,1-3H3. The van der Waals surface area contributed by atoms with Gasteiger partial charge in [0.05, 0.1) is 20.3 Å². The van der Waals surface area contributed by atoms with E-state index in [4.69, 9.17) is 4.74 Å². The van der Waals surface area contributed by atoms with Gasteiger partial charge in [-0.2, -0.15) is 0 Å². The van der Waals surface area contributed by atoms with Gasteiger partial charge in [0.2, 0.25) is 0 Å². The first-order chi connectivity index (χ1) is 8.54. The molecule has 0 saturated carbocycles. The quantitative estimate of drug-likeness (QED) is 0.766. The van der Waals surface area contributed by atoms with E-state index in [1.54, 1.807) is 7.05 Å². The molecule has 0 spiro atoms. The van der Waals surface area contributed by atoms with Crippen LogP contribution in [0.1, 0.15) is 22.0 Å². The minimum atomic E-state index is -0.918. The zero-order chi connectivity index (χ0) is 13.7. The molecular weight excluding hydrogens is 241 g/mol. The molecule has 1 aromatic rings. The number of carbonyl (C=O) groups is 1. The van der Waals surface area contributed by atoms with Gasteiger partial charge in [0, 0.05) is 6.54 Å². The molecular formula is C12H16FNO4. The number of benzene rings is 1. The summed E-state index contributed by atoms with van der Waals surface area (Å²) in [5, 5.41) is 12.5. The second-order valence-corrected chi connectivity index (χ2v) is 3.65. The second-order valence-electron chi connectivity index (χ2n) is 3.65. The Morgan fingerprint density at radius 2 is 2.17 bits per heavy atom. The Kier molecular flexibility index (Phi) is 5.06. The second kappa shape index (κ2) is 6.32. The summed E-state index contributed by atoms with van der Waals surface area (Å²) in [6.45, 7) is 0.242. The predicted molar refractivity (Wildman–Crippen MR) is 63.2 cm³/mol. The number of halogens is 1. The summed E-state index contributed by atoms with van der Waals surface area (Å²) in [4.78, 5) is 11.5. The van der Waals surface area contributed by atoms with Crippen LogP contribution in [0.3, 0.4) is 0 Å². The third-order valence-electron chi connectivity index (χ3n) is 2.46. The maximum Gasteiger partial charge on any atom is 0.341 e. The molecule has 0 saturated heterocycles.